The van der Waals surface area contributed by atoms with Crippen LogP contribution in [-0.2, 0) is 29.2 Å². The second kappa shape index (κ2) is 15.0. The molecule has 206 valence electrons. The van der Waals surface area contributed by atoms with Gasteiger partial charge in [-0.05, 0) is 44.1 Å². The first-order chi connectivity index (χ1) is 17.5. The van der Waals surface area contributed by atoms with Gasteiger partial charge in [-0.25, -0.2) is 18.7 Å². The van der Waals surface area contributed by atoms with E-state index in [1.807, 2.05) is 56.3 Å². The van der Waals surface area contributed by atoms with Crippen LogP contribution in [0.5, 0.6) is 0 Å². The van der Waals surface area contributed by atoms with E-state index in [4.69, 9.17) is 9.57 Å². The first kappa shape index (κ1) is 30.7. The number of hydrazine groups is 1. The minimum Gasteiger partial charge on any atom is -0.350 e. The quantitative estimate of drug-likeness (QED) is 0.277. The van der Waals surface area contributed by atoms with E-state index in [9.17, 15) is 18.0 Å². The number of rotatable bonds is 14. The predicted octanol–water partition coefficient (Wildman–Crippen LogP) is 3.81. The molecule has 1 aliphatic heterocycles. The minimum atomic E-state index is -3.76. The number of hydrogen-bond acceptors (Lipinski definition) is 6. The molecule has 1 heterocycles. The Balaban J connectivity index is 2.28. The second-order valence-electron chi connectivity index (χ2n) is 9.97. The summed E-state index contributed by atoms with van der Waals surface area (Å²) in [5.74, 6) is -2.57. The third-order valence-electron chi connectivity index (χ3n) is 5.86. The Kier molecular flexibility index (Phi) is 12.5. The van der Waals surface area contributed by atoms with Gasteiger partial charge in [0.05, 0.1) is 24.6 Å². The Hall–Kier alpha value is -2.53. The van der Waals surface area contributed by atoms with Crippen molar-refractivity contribution in [3.63, 3.8) is 0 Å². The van der Waals surface area contributed by atoms with E-state index in [-0.39, 0.29) is 18.9 Å². The van der Waals surface area contributed by atoms with Crippen molar-refractivity contribution in [3.8, 4) is 0 Å². The molecule has 9 nitrogen and oxygen atoms in total. The number of ether oxygens (including phenoxy) is 1. The zero-order chi connectivity index (χ0) is 27.4. The molecule has 0 aliphatic carbocycles. The van der Waals surface area contributed by atoms with Gasteiger partial charge >= 0.3 is 0 Å². The number of carbonyl (C=O) groups excluding carboxylic acids is 2. The van der Waals surface area contributed by atoms with Crippen molar-refractivity contribution in [2.45, 2.75) is 59.2 Å². The Bertz CT molecular complexity index is 1020. The van der Waals surface area contributed by atoms with Crippen molar-refractivity contribution in [3.05, 3.63) is 54.1 Å². The summed E-state index contributed by atoms with van der Waals surface area (Å²) in [6.45, 7) is 9.82. The van der Waals surface area contributed by atoms with E-state index in [0.717, 1.165) is 29.1 Å². The van der Waals surface area contributed by atoms with Crippen LogP contribution in [0.3, 0.4) is 0 Å². The number of hydrogen-bond donors (Lipinski definition) is 2. The van der Waals surface area contributed by atoms with Gasteiger partial charge in [0, 0.05) is 13.0 Å². The highest BCUT2D eigenvalue weighted by Gasteiger charge is 2.36. The van der Waals surface area contributed by atoms with Crippen LogP contribution in [0.4, 0.5) is 0 Å². The standard InChI is InChI=1S/C27H41N3O6S/c1-20(2)18-24(26(31)28-30(19-21(3)4)37(5,33)34)23(15-11-14-22-12-7-6-8-13-22)27(32)29-36-25-16-9-10-17-35-25/h6-8,11-14,20,23-25H,3,9-10,15-19H2,1-2,4-5H3,(H,28,31)(H,29,32)/b14-11+/t23-,24+,25?/m0/s1. The van der Waals surface area contributed by atoms with Gasteiger partial charge in [0.25, 0.3) is 0 Å². The SMILES string of the molecule is C=C(C)CN(NC(=O)[C@H](CC(C)C)[C@H](C/C=C/c1ccccc1)C(=O)NOC1CCCCO1)S(C)(=O)=O. The fraction of sp³-hybridized carbons (Fsp3) is 0.556. The number of amides is 2. The molecule has 2 rings (SSSR count). The fourth-order valence-electron chi connectivity index (χ4n) is 4.03. The van der Waals surface area contributed by atoms with Crippen molar-refractivity contribution in [2.75, 3.05) is 19.4 Å². The smallest absolute Gasteiger partial charge is 0.247 e. The van der Waals surface area contributed by atoms with Crippen molar-refractivity contribution < 1.29 is 27.6 Å². The van der Waals surface area contributed by atoms with E-state index >= 15 is 0 Å². The lowest BCUT2D eigenvalue weighted by molar-refractivity contribution is -0.203. The molecule has 1 unspecified atom stereocenters. The van der Waals surface area contributed by atoms with Crippen molar-refractivity contribution in [2.24, 2.45) is 17.8 Å². The molecule has 10 heteroatoms. The molecule has 3 atom stereocenters. The van der Waals surface area contributed by atoms with Gasteiger partial charge in [0.15, 0.2) is 6.29 Å². The Labute approximate surface area is 221 Å². The van der Waals surface area contributed by atoms with Gasteiger partial charge in [-0.15, -0.1) is 4.41 Å². The van der Waals surface area contributed by atoms with Gasteiger partial charge in [0.1, 0.15) is 0 Å². The van der Waals surface area contributed by atoms with Crippen LogP contribution in [0.1, 0.15) is 58.4 Å². The molecule has 0 aromatic heterocycles. The van der Waals surface area contributed by atoms with E-state index < -0.39 is 40.0 Å². The fourth-order valence-corrected chi connectivity index (χ4v) is 4.74. The first-order valence-electron chi connectivity index (χ1n) is 12.7. The number of carbonyl (C=O) groups is 2. The maximum atomic E-state index is 13.5. The molecule has 1 aliphatic rings. The zero-order valence-corrected chi connectivity index (χ0v) is 23.1. The summed E-state index contributed by atoms with van der Waals surface area (Å²) >= 11 is 0. The lowest BCUT2D eigenvalue weighted by atomic mass is 9.82. The summed E-state index contributed by atoms with van der Waals surface area (Å²) in [6.07, 6.45) is 7.38. The number of benzene rings is 1. The predicted molar refractivity (Wildman–Crippen MR) is 144 cm³/mol. The van der Waals surface area contributed by atoms with Gasteiger partial charge in [-0.2, -0.15) is 0 Å². The number of nitrogens with zero attached hydrogens (tertiary/aromatic N) is 1. The van der Waals surface area contributed by atoms with Crippen LogP contribution in [0.2, 0.25) is 0 Å². The summed E-state index contributed by atoms with van der Waals surface area (Å²) in [7, 11) is -3.76. The Morgan fingerprint density at radius 1 is 1.19 bits per heavy atom. The molecule has 2 N–H and O–H groups in total. The van der Waals surface area contributed by atoms with E-state index in [1.165, 1.54) is 0 Å². The normalized spacial score (nSPS) is 18.1. The molecule has 1 saturated heterocycles. The Morgan fingerprint density at radius 2 is 1.89 bits per heavy atom. The lowest BCUT2D eigenvalue weighted by Gasteiger charge is -2.30. The largest absolute Gasteiger partial charge is 0.350 e. The zero-order valence-electron chi connectivity index (χ0n) is 22.3. The number of allylic oxidation sites excluding steroid dienone is 1. The molecule has 0 bridgehead atoms. The van der Waals surface area contributed by atoms with Crippen molar-refractivity contribution in [1.29, 1.82) is 0 Å². The summed E-state index contributed by atoms with van der Waals surface area (Å²) in [5.41, 5.74) is 6.54. The van der Waals surface area contributed by atoms with Crippen LogP contribution < -0.4 is 10.9 Å². The van der Waals surface area contributed by atoms with Crippen molar-refractivity contribution >= 4 is 27.9 Å². The van der Waals surface area contributed by atoms with Gasteiger partial charge in [-0.3, -0.25) is 15.0 Å². The summed E-state index contributed by atoms with van der Waals surface area (Å²) < 4.78 is 31.0. The van der Waals surface area contributed by atoms with Gasteiger partial charge in [0.2, 0.25) is 21.8 Å². The molecule has 1 aromatic carbocycles. The highest BCUT2D eigenvalue weighted by molar-refractivity contribution is 7.88. The van der Waals surface area contributed by atoms with E-state index in [2.05, 4.69) is 17.5 Å². The van der Waals surface area contributed by atoms with E-state index in [1.54, 1.807) is 6.92 Å². The maximum absolute atomic E-state index is 13.5. The number of sulfonamides is 1. The summed E-state index contributed by atoms with van der Waals surface area (Å²) in [4.78, 5) is 32.4. The molecule has 1 aromatic rings. The van der Waals surface area contributed by atoms with Gasteiger partial charge < -0.3 is 4.74 Å². The summed E-state index contributed by atoms with van der Waals surface area (Å²) in [5, 5.41) is 0. The van der Waals surface area contributed by atoms with E-state index in [0.29, 0.717) is 25.0 Å². The highest BCUT2D eigenvalue weighted by atomic mass is 32.2. The minimum absolute atomic E-state index is 0.0636. The molecule has 0 spiro atoms. The highest BCUT2D eigenvalue weighted by Crippen LogP contribution is 2.26. The molecular weight excluding hydrogens is 494 g/mol. The van der Waals surface area contributed by atoms with Crippen LogP contribution >= 0.6 is 0 Å². The van der Waals surface area contributed by atoms with Crippen LogP contribution in [0.15, 0.2) is 48.6 Å². The third kappa shape index (κ3) is 11.2. The first-order valence-corrected chi connectivity index (χ1v) is 14.5. The third-order valence-corrected chi connectivity index (χ3v) is 6.88. The summed E-state index contributed by atoms with van der Waals surface area (Å²) in [6, 6.07) is 9.63. The van der Waals surface area contributed by atoms with Crippen LogP contribution in [0.25, 0.3) is 6.08 Å². The van der Waals surface area contributed by atoms with Gasteiger partial charge in [-0.1, -0.05) is 68.5 Å². The molecule has 1 fully saturated rings. The Morgan fingerprint density at radius 3 is 2.46 bits per heavy atom. The molecular formula is C27H41N3O6S. The maximum Gasteiger partial charge on any atom is 0.247 e. The van der Waals surface area contributed by atoms with Crippen molar-refractivity contribution in [1.82, 2.24) is 15.3 Å². The number of nitrogens with one attached hydrogen (secondary N) is 2. The molecule has 2 amide bonds. The average Bonchev–Trinajstić information content (AvgIpc) is 2.84. The molecule has 37 heavy (non-hydrogen) atoms. The van der Waals surface area contributed by atoms with Crippen LogP contribution in [0, 0.1) is 17.8 Å². The average molecular weight is 536 g/mol. The topological polar surface area (TPSA) is 114 Å². The second-order valence-corrected chi connectivity index (χ2v) is 11.9. The molecule has 0 saturated carbocycles. The monoisotopic (exact) mass is 535 g/mol. The lowest BCUT2D eigenvalue weighted by Crippen LogP contribution is -2.51. The van der Waals surface area contributed by atoms with Crippen LogP contribution in [-0.4, -0.2) is 50.3 Å². The molecule has 0 radical (unpaired) electrons. The number of hydroxylamine groups is 1.